The molecule has 41 heavy (non-hydrogen) atoms. The lowest BCUT2D eigenvalue weighted by molar-refractivity contribution is -0.142. The van der Waals surface area contributed by atoms with Gasteiger partial charge in [0.2, 0.25) is 11.8 Å². The molecule has 8 nitrogen and oxygen atoms in total. The van der Waals surface area contributed by atoms with Gasteiger partial charge in [0, 0.05) is 30.8 Å². The van der Waals surface area contributed by atoms with Crippen LogP contribution in [0.25, 0.3) is 39.1 Å². The smallest absolute Gasteiger partial charge is 0.433 e. The molecule has 1 amide bonds. The van der Waals surface area contributed by atoms with Gasteiger partial charge in [0.1, 0.15) is 12.0 Å². The molecule has 0 aliphatic carbocycles. The number of alkyl halides is 3. The second-order valence-electron chi connectivity index (χ2n) is 9.41. The van der Waals surface area contributed by atoms with E-state index in [-0.39, 0.29) is 42.5 Å². The van der Waals surface area contributed by atoms with Crippen LogP contribution < -0.4 is 4.74 Å². The van der Waals surface area contributed by atoms with Gasteiger partial charge in [0.05, 0.1) is 35.3 Å². The van der Waals surface area contributed by atoms with Crippen molar-refractivity contribution in [1.82, 2.24) is 29.4 Å². The SMILES string of the molecule is COc1ncnc2c1c(/C=C/C(=O)N1CCc3c(nc(-c4cccs4)nc3C(F)(F)F)C1)c(-c1ccccc1)n2C. The van der Waals surface area contributed by atoms with Gasteiger partial charge in [-0.3, -0.25) is 4.79 Å². The Morgan fingerprint density at radius 2 is 1.90 bits per heavy atom. The number of ether oxygens (including phenoxy) is 1. The molecule has 0 spiro atoms. The fourth-order valence-corrected chi connectivity index (χ4v) is 5.80. The van der Waals surface area contributed by atoms with Gasteiger partial charge in [-0.15, -0.1) is 11.3 Å². The summed E-state index contributed by atoms with van der Waals surface area (Å²) in [5.41, 5.74) is 2.35. The maximum atomic E-state index is 13.9. The standard InChI is InChI=1S/C29H23F3N6O2S/c1-37-24(17-7-4-3-5-8-17)19(23-27(37)33-16-34-28(23)40-2)10-11-22(39)38-13-12-18-20(15-38)35-26(21-9-6-14-41-21)36-25(18)29(30,31)32/h3-11,14,16H,12-13,15H2,1-2H3/b11-10+. The van der Waals surface area contributed by atoms with Gasteiger partial charge in [0.25, 0.3) is 0 Å². The summed E-state index contributed by atoms with van der Waals surface area (Å²) in [5, 5.41) is 2.40. The number of halogens is 3. The van der Waals surface area contributed by atoms with Gasteiger partial charge < -0.3 is 14.2 Å². The van der Waals surface area contributed by atoms with E-state index in [4.69, 9.17) is 4.74 Å². The predicted molar refractivity (Wildman–Crippen MR) is 149 cm³/mol. The predicted octanol–water partition coefficient (Wildman–Crippen LogP) is 5.78. The number of aromatic nitrogens is 5. The first-order valence-electron chi connectivity index (χ1n) is 12.7. The summed E-state index contributed by atoms with van der Waals surface area (Å²) >= 11 is 1.26. The summed E-state index contributed by atoms with van der Waals surface area (Å²) in [6, 6.07) is 13.1. The van der Waals surface area contributed by atoms with E-state index in [1.807, 2.05) is 41.9 Å². The lowest BCUT2D eigenvalue weighted by Gasteiger charge is -2.29. The van der Waals surface area contributed by atoms with Crippen molar-refractivity contribution in [1.29, 1.82) is 0 Å². The zero-order chi connectivity index (χ0) is 28.7. The molecule has 0 saturated carbocycles. The molecule has 0 radical (unpaired) electrons. The lowest BCUT2D eigenvalue weighted by atomic mass is 10.0. The third kappa shape index (κ3) is 4.84. The number of fused-ring (bicyclic) bond motifs is 2. The number of methoxy groups -OCH3 is 1. The third-order valence-electron chi connectivity index (χ3n) is 6.99. The molecule has 4 aromatic heterocycles. The highest BCUT2D eigenvalue weighted by Crippen LogP contribution is 2.38. The molecule has 0 bridgehead atoms. The monoisotopic (exact) mass is 576 g/mol. The highest BCUT2D eigenvalue weighted by molar-refractivity contribution is 7.13. The van der Waals surface area contributed by atoms with E-state index in [1.54, 1.807) is 23.6 Å². The van der Waals surface area contributed by atoms with Crippen LogP contribution in [0.5, 0.6) is 5.88 Å². The zero-order valence-electron chi connectivity index (χ0n) is 22.0. The van der Waals surface area contributed by atoms with Gasteiger partial charge in [-0.2, -0.15) is 13.2 Å². The number of thiophene rings is 1. The molecule has 6 rings (SSSR count). The van der Waals surface area contributed by atoms with Crippen LogP contribution >= 0.6 is 11.3 Å². The molecule has 0 saturated heterocycles. The first-order chi connectivity index (χ1) is 19.8. The van der Waals surface area contributed by atoms with Crippen LogP contribution in [0.15, 0.2) is 60.2 Å². The van der Waals surface area contributed by atoms with Gasteiger partial charge in [-0.05, 0) is 29.5 Å². The Labute approximate surface area is 236 Å². The van der Waals surface area contributed by atoms with E-state index in [9.17, 15) is 18.0 Å². The Morgan fingerprint density at radius 3 is 2.61 bits per heavy atom. The van der Waals surface area contributed by atoms with Gasteiger partial charge in [-0.25, -0.2) is 19.9 Å². The second-order valence-corrected chi connectivity index (χ2v) is 10.4. The van der Waals surface area contributed by atoms with Crippen LogP contribution in [0.4, 0.5) is 13.2 Å². The Balaban J connectivity index is 1.37. The summed E-state index contributed by atoms with van der Waals surface area (Å²) in [7, 11) is 3.39. The normalized spacial score (nSPS) is 13.6. The molecule has 1 aromatic carbocycles. The molecule has 1 aliphatic heterocycles. The van der Waals surface area contributed by atoms with Crippen LogP contribution in [0, 0.1) is 0 Å². The molecule has 5 aromatic rings. The van der Waals surface area contributed by atoms with Gasteiger partial charge in [0.15, 0.2) is 11.5 Å². The summed E-state index contributed by atoms with van der Waals surface area (Å²) in [4.78, 5) is 32.4. The van der Waals surface area contributed by atoms with Crippen molar-refractivity contribution >= 4 is 34.4 Å². The van der Waals surface area contributed by atoms with E-state index in [2.05, 4.69) is 19.9 Å². The number of carbonyl (C=O) groups excluding carboxylic acids is 1. The highest BCUT2D eigenvalue weighted by Gasteiger charge is 2.39. The molecule has 0 unspecified atom stereocenters. The average Bonchev–Trinajstić information content (AvgIpc) is 3.62. The van der Waals surface area contributed by atoms with E-state index in [1.165, 1.54) is 35.7 Å². The molecule has 5 heterocycles. The molecule has 0 fully saturated rings. The summed E-state index contributed by atoms with van der Waals surface area (Å²) in [6.45, 7) is 0.0461. The minimum atomic E-state index is -4.63. The molecular weight excluding hydrogens is 553 g/mol. The Hall–Kier alpha value is -4.58. The van der Waals surface area contributed by atoms with Crippen LogP contribution in [-0.2, 0) is 31.0 Å². The maximum Gasteiger partial charge on any atom is 0.433 e. The Morgan fingerprint density at radius 1 is 1.10 bits per heavy atom. The van der Waals surface area contributed by atoms with Crippen LogP contribution in [0.3, 0.4) is 0 Å². The molecule has 12 heteroatoms. The maximum absolute atomic E-state index is 13.9. The number of rotatable bonds is 5. The van der Waals surface area contributed by atoms with Crippen LogP contribution in [-0.4, -0.2) is 49.0 Å². The second kappa shape index (κ2) is 10.4. The first kappa shape index (κ1) is 26.6. The van der Waals surface area contributed by atoms with Crippen LogP contribution in [0.2, 0.25) is 0 Å². The zero-order valence-corrected chi connectivity index (χ0v) is 22.8. The summed E-state index contributed by atoms with van der Waals surface area (Å²) in [5.74, 6) is 0.0165. The number of nitrogens with zero attached hydrogens (tertiary/aromatic N) is 6. The molecule has 208 valence electrons. The van der Waals surface area contributed by atoms with Crippen molar-refractivity contribution < 1.29 is 22.7 Å². The number of amides is 1. The van der Waals surface area contributed by atoms with Gasteiger partial charge >= 0.3 is 6.18 Å². The van der Waals surface area contributed by atoms with Crippen LogP contribution in [0.1, 0.15) is 22.5 Å². The number of aryl methyl sites for hydroxylation is 1. The van der Waals surface area contributed by atoms with Crippen molar-refractivity contribution in [3.05, 3.63) is 82.8 Å². The highest BCUT2D eigenvalue weighted by atomic mass is 32.1. The molecule has 0 atom stereocenters. The van der Waals surface area contributed by atoms with Crippen molar-refractivity contribution in [2.75, 3.05) is 13.7 Å². The Bertz CT molecular complexity index is 1780. The van der Waals surface area contributed by atoms with Crippen molar-refractivity contribution in [2.45, 2.75) is 19.1 Å². The fraction of sp³-hybridized carbons (Fsp3) is 0.207. The van der Waals surface area contributed by atoms with E-state index >= 15 is 0 Å². The topological polar surface area (TPSA) is 86.0 Å². The summed E-state index contributed by atoms with van der Waals surface area (Å²) < 4.78 is 49.2. The Kier molecular flexibility index (Phi) is 6.78. The van der Waals surface area contributed by atoms with Crippen molar-refractivity contribution in [3.8, 4) is 27.8 Å². The van der Waals surface area contributed by atoms with E-state index in [0.29, 0.717) is 27.4 Å². The minimum Gasteiger partial charge on any atom is -0.480 e. The molecular formula is C29H23F3N6O2S. The number of hydrogen-bond donors (Lipinski definition) is 0. The minimum absolute atomic E-state index is 0.000324. The van der Waals surface area contributed by atoms with E-state index < -0.39 is 11.9 Å². The number of hydrogen-bond acceptors (Lipinski definition) is 7. The first-order valence-corrected chi connectivity index (χ1v) is 13.5. The average molecular weight is 577 g/mol. The fourth-order valence-electron chi connectivity index (χ4n) is 5.15. The van der Waals surface area contributed by atoms with E-state index in [0.717, 1.165) is 11.3 Å². The van der Waals surface area contributed by atoms with Crippen molar-refractivity contribution in [2.24, 2.45) is 7.05 Å². The summed E-state index contributed by atoms with van der Waals surface area (Å²) in [6.07, 6.45) is -0.104. The molecule has 1 aliphatic rings. The molecule has 0 N–H and O–H groups in total. The largest absolute Gasteiger partial charge is 0.480 e. The third-order valence-corrected chi connectivity index (χ3v) is 7.86. The quantitative estimate of drug-likeness (QED) is 0.247. The van der Waals surface area contributed by atoms with Gasteiger partial charge in [-0.1, -0.05) is 36.4 Å². The number of benzene rings is 1. The lowest BCUT2D eigenvalue weighted by Crippen LogP contribution is -2.37. The number of carbonyl (C=O) groups is 1. The van der Waals surface area contributed by atoms with Crippen molar-refractivity contribution in [3.63, 3.8) is 0 Å².